The molecule has 0 aliphatic rings. The van der Waals surface area contributed by atoms with Gasteiger partial charge in [-0.1, -0.05) is 24.3 Å². The Morgan fingerprint density at radius 1 is 1.07 bits per heavy atom. The first kappa shape index (κ1) is 19.3. The molecule has 2 heterocycles. The summed E-state index contributed by atoms with van der Waals surface area (Å²) in [6.07, 6.45) is 1.64. The molecule has 4 aromatic rings. The SMILES string of the molecule is COc1ccccc1-c1cc(-c2ccc(NC(=O)c3ccccc3F)nc2)n(C)n1. The standard InChI is InChI=1S/C23H19FN4O2/c1-28-20(13-19(27-28)17-8-4-6-10-21(17)30-2)15-11-12-22(25-14-15)26-23(29)16-7-3-5-9-18(16)24/h3-14H,1-2H3,(H,25,26,29). The third-order valence-corrected chi connectivity index (χ3v) is 4.68. The van der Waals surface area contributed by atoms with Crippen LogP contribution < -0.4 is 10.1 Å². The van der Waals surface area contributed by atoms with Crippen molar-refractivity contribution in [3.63, 3.8) is 0 Å². The second-order valence-electron chi connectivity index (χ2n) is 6.60. The average molecular weight is 402 g/mol. The van der Waals surface area contributed by atoms with E-state index < -0.39 is 11.7 Å². The molecule has 0 aliphatic heterocycles. The number of rotatable bonds is 5. The van der Waals surface area contributed by atoms with Crippen molar-refractivity contribution in [3.8, 4) is 28.3 Å². The summed E-state index contributed by atoms with van der Waals surface area (Å²) >= 11 is 0. The van der Waals surface area contributed by atoms with Gasteiger partial charge in [0.15, 0.2) is 0 Å². The first-order valence-corrected chi connectivity index (χ1v) is 9.26. The fraction of sp³-hybridized carbons (Fsp3) is 0.0870. The van der Waals surface area contributed by atoms with Crippen LogP contribution in [-0.4, -0.2) is 27.8 Å². The Bertz CT molecular complexity index is 1200. The van der Waals surface area contributed by atoms with Crippen molar-refractivity contribution < 1.29 is 13.9 Å². The minimum absolute atomic E-state index is 0.0311. The molecular weight excluding hydrogens is 383 g/mol. The van der Waals surface area contributed by atoms with Crippen LogP contribution in [0.5, 0.6) is 5.75 Å². The van der Waals surface area contributed by atoms with E-state index in [1.807, 2.05) is 43.4 Å². The third kappa shape index (κ3) is 3.77. The van der Waals surface area contributed by atoms with Gasteiger partial charge in [-0.3, -0.25) is 9.48 Å². The molecule has 2 aromatic heterocycles. The van der Waals surface area contributed by atoms with Gasteiger partial charge in [0.2, 0.25) is 0 Å². The number of carbonyl (C=O) groups is 1. The zero-order valence-electron chi connectivity index (χ0n) is 16.5. The number of anilines is 1. The second-order valence-corrected chi connectivity index (χ2v) is 6.60. The van der Waals surface area contributed by atoms with Crippen molar-refractivity contribution in [2.24, 2.45) is 7.05 Å². The number of hydrogen-bond donors (Lipinski definition) is 1. The average Bonchev–Trinajstić information content (AvgIpc) is 3.16. The summed E-state index contributed by atoms with van der Waals surface area (Å²) in [6.45, 7) is 0. The van der Waals surface area contributed by atoms with Crippen LogP contribution in [0.25, 0.3) is 22.5 Å². The molecule has 2 aromatic carbocycles. The zero-order chi connectivity index (χ0) is 21.1. The first-order valence-electron chi connectivity index (χ1n) is 9.26. The molecule has 0 saturated heterocycles. The van der Waals surface area contributed by atoms with E-state index in [0.29, 0.717) is 5.82 Å². The van der Waals surface area contributed by atoms with E-state index in [-0.39, 0.29) is 5.56 Å². The van der Waals surface area contributed by atoms with Crippen LogP contribution in [0.15, 0.2) is 72.9 Å². The molecule has 150 valence electrons. The van der Waals surface area contributed by atoms with Crippen molar-refractivity contribution >= 4 is 11.7 Å². The number of methoxy groups -OCH3 is 1. The van der Waals surface area contributed by atoms with E-state index in [0.717, 1.165) is 28.3 Å². The molecule has 0 aliphatic carbocycles. The summed E-state index contributed by atoms with van der Waals surface area (Å²) in [5.74, 6) is -0.0525. The Kier molecular flexibility index (Phi) is 5.26. The van der Waals surface area contributed by atoms with Gasteiger partial charge in [0.1, 0.15) is 17.4 Å². The maximum atomic E-state index is 13.8. The number of aromatic nitrogens is 3. The largest absolute Gasteiger partial charge is 0.496 e. The molecule has 1 amide bonds. The molecule has 0 fully saturated rings. The highest BCUT2D eigenvalue weighted by atomic mass is 19.1. The van der Waals surface area contributed by atoms with Gasteiger partial charge in [-0.25, -0.2) is 9.37 Å². The van der Waals surface area contributed by atoms with Crippen LogP contribution in [0.4, 0.5) is 10.2 Å². The Hall–Kier alpha value is -4.00. The van der Waals surface area contributed by atoms with Gasteiger partial charge in [0.05, 0.1) is 24.1 Å². The topological polar surface area (TPSA) is 69.0 Å². The fourth-order valence-corrected chi connectivity index (χ4v) is 3.17. The minimum Gasteiger partial charge on any atom is -0.496 e. The maximum Gasteiger partial charge on any atom is 0.259 e. The number of hydrogen-bond acceptors (Lipinski definition) is 4. The number of nitrogens with one attached hydrogen (secondary N) is 1. The van der Waals surface area contributed by atoms with Gasteiger partial charge in [-0.15, -0.1) is 0 Å². The van der Waals surface area contributed by atoms with Crippen LogP contribution in [0.3, 0.4) is 0 Å². The lowest BCUT2D eigenvalue weighted by molar-refractivity contribution is 0.102. The maximum absolute atomic E-state index is 13.8. The second kappa shape index (κ2) is 8.16. The van der Waals surface area contributed by atoms with E-state index in [4.69, 9.17) is 4.74 Å². The smallest absolute Gasteiger partial charge is 0.259 e. The molecular formula is C23H19FN4O2. The van der Waals surface area contributed by atoms with E-state index in [1.165, 1.54) is 18.2 Å². The lowest BCUT2D eigenvalue weighted by Gasteiger charge is -2.06. The predicted molar refractivity (Wildman–Crippen MR) is 113 cm³/mol. The molecule has 0 radical (unpaired) electrons. The monoisotopic (exact) mass is 402 g/mol. The number of halogens is 1. The highest BCUT2D eigenvalue weighted by Crippen LogP contribution is 2.31. The van der Waals surface area contributed by atoms with Crippen LogP contribution in [0.2, 0.25) is 0 Å². The molecule has 0 atom stereocenters. The number of aryl methyl sites for hydroxylation is 1. The van der Waals surface area contributed by atoms with Gasteiger partial charge in [0, 0.05) is 24.4 Å². The van der Waals surface area contributed by atoms with E-state index in [2.05, 4.69) is 15.4 Å². The van der Waals surface area contributed by atoms with Gasteiger partial charge >= 0.3 is 0 Å². The lowest BCUT2D eigenvalue weighted by Crippen LogP contribution is -2.14. The van der Waals surface area contributed by atoms with Crippen molar-refractivity contribution in [3.05, 3.63) is 84.3 Å². The molecule has 0 unspecified atom stereocenters. The van der Waals surface area contributed by atoms with Gasteiger partial charge in [-0.2, -0.15) is 5.10 Å². The number of nitrogens with zero attached hydrogens (tertiary/aromatic N) is 3. The zero-order valence-corrected chi connectivity index (χ0v) is 16.5. The van der Waals surface area contributed by atoms with E-state index in [1.54, 1.807) is 30.1 Å². The Labute approximate surface area is 173 Å². The summed E-state index contributed by atoms with van der Waals surface area (Å²) in [7, 11) is 3.48. The quantitative estimate of drug-likeness (QED) is 0.532. The van der Waals surface area contributed by atoms with E-state index >= 15 is 0 Å². The van der Waals surface area contributed by atoms with Gasteiger partial charge in [-0.05, 0) is 42.5 Å². The molecule has 30 heavy (non-hydrogen) atoms. The Morgan fingerprint density at radius 3 is 2.57 bits per heavy atom. The number of benzene rings is 2. The highest BCUT2D eigenvalue weighted by molar-refractivity contribution is 6.04. The first-order chi connectivity index (χ1) is 14.6. The van der Waals surface area contributed by atoms with Gasteiger partial charge < -0.3 is 10.1 Å². The van der Waals surface area contributed by atoms with E-state index in [9.17, 15) is 9.18 Å². The van der Waals surface area contributed by atoms with Crippen molar-refractivity contribution in [1.29, 1.82) is 0 Å². The number of carbonyl (C=O) groups excluding carboxylic acids is 1. The Morgan fingerprint density at radius 2 is 1.83 bits per heavy atom. The fourth-order valence-electron chi connectivity index (χ4n) is 3.17. The third-order valence-electron chi connectivity index (χ3n) is 4.68. The normalized spacial score (nSPS) is 10.6. The summed E-state index contributed by atoms with van der Waals surface area (Å²) in [5, 5.41) is 7.19. The van der Waals surface area contributed by atoms with Crippen LogP contribution >= 0.6 is 0 Å². The van der Waals surface area contributed by atoms with Crippen LogP contribution in [0.1, 0.15) is 10.4 Å². The number of para-hydroxylation sites is 1. The molecule has 4 rings (SSSR count). The van der Waals surface area contributed by atoms with Crippen molar-refractivity contribution in [2.75, 3.05) is 12.4 Å². The minimum atomic E-state index is -0.578. The lowest BCUT2D eigenvalue weighted by atomic mass is 10.1. The summed E-state index contributed by atoms with van der Waals surface area (Å²) in [5.41, 5.74) is 3.33. The van der Waals surface area contributed by atoms with Crippen molar-refractivity contribution in [1.82, 2.24) is 14.8 Å². The molecule has 1 N–H and O–H groups in total. The molecule has 6 nitrogen and oxygen atoms in total. The number of ether oxygens (including phenoxy) is 1. The van der Waals surface area contributed by atoms with Gasteiger partial charge in [0.25, 0.3) is 5.91 Å². The molecule has 0 saturated carbocycles. The highest BCUT2D eigenvalue weighted by Gasteiger charge is 2.14. The molecule has 0 bridgehead atoms. The summed E-state index contributed by atoms with van der Waals surface area (Å²) < 4.78 is 21.0. The van der Waals surface area contributed by atoms with Crippen molar-refractivity contribution in [2.45, 2.75) is 0 Å². The number of amides is 1. The molecule has 7 heteroatoms. The Balaban J connectivity index is 1.57. The van der Waals surface area contributed by atoms with Crippen LogP contribution in [0, 0.1) is 5.82 Å². The number of pyridine rings is 1. The summed E-state index contributed by atoms with van der Waals surface area (Å²) in [6, 6.07) is 18.9. The predicted octanol–water partition coefficient (Wildman–Crippen LogP) is 4.55. The van der Waals surface area contributed by atoms with Crippen LogP contribution in [-0.2, 0) is 7.05 Å². The molecule has 0 spiro atoms. The summed E-state index contributed by atoms with van der Waals surface area (Å²) in [4.78, 5) is 16.5.